The van der Waals surface area contributed by atoms with Gasteiger partial charge in [-0.05, 0) is 37.2 Å². The minimum absolute atomic E-state index is 0.317. The highest BCUT2D eigenvalue weighted by molar-refractivity contribution is 5.70. The van der Waals surface area contributed by atoms with Crippen molar-refractivity contribution in [3.05, 3.63) is 29.8 Å². The zero-order chi connectivity index (χ0) is 15.5. The molecule has 1 atom stereocenters. The van der Waals surface area contributed by atoms with E-state index in [9.17, 15) is 18.0 Å². The zero-order valence-corrected chi connectivity index (χ0v) is 11.3. The third kappa shape index (κ3) is 4.35. The van der Waals surface area contributed by atoms with Gasteiger partial charge in [0.15, 0.2) is 0 Å². The van der Waals surface area contributed by atoms with Crippen molar-refractivity contribution in [2.24, 2.45) is 5.92 Å². The van der Waals surface area contributed by atoms with E-state index in [4.69, 9.17) is 9.84 Å². The molecule has 0 radical (unpaired) electrons. The van der Waals surface area contributed by atoms with Crippen LogP contribution in [0.3, 0.4) is 0 Å². The van der Waals surface area contributed by atoms with Gasteiger partial charge in [0.05, 0.1) is 11.5 Å². The number of ether oxygens (including phenoxy) is 1. The van der Waals surface area contributed by atoms with Crippen LogP contribution in [-0.4, -0.2) is 42.2 Å². The van der Waals surface area contributed by atoms with Crippen molar-refractivity contribution >= 4 is 5.97 Å². The van der Waals surface area contributed by atoms with Crippen LogP contribution < -0.4 is 4.74 Å². The van der Waals surface area contributed by atoms with Crippen LogP contribution in [0, 0.1) is 5.92 Å². The molecule has 0 saturated carbocycles. The molecule has 1 aromatic rings. The number of likely N-dealkylation sites (tertiary alicyclic amines) is 1. The maximum absolute atomic E-state index is 12.4. The molecule has 1 fully saturated rings. The molecule has 1 aliphatic heterocycles. The predicted molar refractivity (Wildman–Crippen MR) is 69.1 cm³/mol. The summed E-state index contributed by atoms with van der Waals surface area (Å²) in [5.74, 6) is -0.755. The van der Waals surface area contributed by atoms with Gasteiger partial charge in [0.25, 0.3) is 0 Å². The second-order valence-electron chi connectivity index (χ2n) is 5.00. The lowest BCUT2D eigenvalue weighted by atomic mass is 10.1. The number of carboxylic acids is 1. The van der Waals surface area contributed by atoms with Gasteiger partial charge < -0.3 is 9.84 Å². The van der Waals surface area contributed by atoms with Crippen molar-refractivity contribution in [3.63, 3.8) is 0 Å². The minimum Gasteiger partial charge on any atom is -0.492 e. The molecule has 0 spiro atoms. The summed E-state index contributed by atoms with van der Waals surface area (Å²) >= 11 is 0. The van der Waals surface area contributed by atoms with E-state index < -0.39 is 17.7 Å². The fourth-order valence-electron chi connectivity index (χ4n) is 2.27. The van der Waals surface area contributed by atoms with E-state index in [1.54, 1.807) is 0 Å². The molecule has 0 aliphatic carbocycles. The molecule has 1 N–H and O–H groups in total. The SMILES string of the molecule is O=C(O)C1CCN(CCOc2ccc(C(F)(F)F)cc2)C1. The monoisotopic (exact) mass is 303 g/mol. The highest BCUT2D eigenvalue weighted by Gasteiger charge is 2.30. The van der Waals surface area contributed by atoms with Gasteiger partial charge in [-0.25, -0.2) is 0 Å². The summed E-state index contributed by atoms with van der Waals surface area (Å²) in [7, 11) is 0. The van der Waals surface area contributed by atoms with Crippen molar-refractivity contribution in [1.29, 1.82) is 0 Å². The van der Waals surface area contributed by atoms with E-state index in [1.165, 1.54) is 12.1 Å². The van der Waals surface area contributed by atoms with E-state index in [0.717, 1.165) is 12.1 Å². The number of aliphatic carboxylic acids is 1. The summed E-state index contributed by atoms with van der Waals surface area (Å²) in [6, 6.07) is 4.52. The second kappa shape index (κ2) is 6.34. The van der Waals surface area contributed by atoms with Crippen LogP contribution in [0.5, 0.6) is 5.75 Å². The lowest BCUT2D eigenvalue weighted by Crippen LogP contribution is -2.27. The van der Waals surface area contributed by atoms with Crippen LogP contribution in [0.1, 0.15) is 12.0 Å². The van der Waals surface area contributed by atoms with Gasteiger partial charge in [0.2, 0.25) is 0 Å². The molecule has 1 aliphatic rings. The number of benzene rings is 1. The molecule has 21 heavy (non-hydrogen) atoms. The first kappa shape index (κ1) is 15.6. The van der Waals surface area contributed by atoms with Gasteiger partial charge in [-0.3, -0.25) is 9.69 Å². The van der Waals surface area contributed by atoms with Gasteiger partial charge in [-0.2, -0.15) is 13.2 Å². The van der Waals surface area contributed by atoms with Gasteiger partial charge in [-0.15, -0.1) is 0 Å². The Morgan fingerprint density at radius 1 is 1.33 bits per heavy atom. The maximum Gasteiger partial charge on any atom is 0.416 e. The van der Waals surface area contributed by atoms with Crippen molar-refractivity contribution in [1.82, 2.24) is 4.90 Å². The molecule has 2 rings (SSSR count). The lowest BCUT2D eigenvalue weighted by molar-refractivity contribution is -0.141. The Kier molecular flexibility index (Phi) is 4.72. The summed E-state index contributed by atoms with van der Waals surface area (Å²) in [6.07, 6.45) is -3.73. The van der Waals surface area contributed by atoms with Gasteiger partial charge in [0, 0.05) is 13.1 Å². The van der Waals surface area contributed by atoms with Crippen LogP contribution in [0.15, 0.2) is 24.3 Å². The topological polar surface area (TPSA) is 49.8 Å². The molecule has 0 amide bonds. The largest absolute Gasteiger partial charge is 0.492 e. The van der Waals surface area contributed by atoms with Gasteiger partial charge >= 0.3 is 12.1 Å². The van der Waals surface area contributed by atoms with E-state index in [-0.39, 0.29) is 5.92 Å². The average molecular weight is 303 g/mol. The number of rotatable bonds is 5. The number of halogens is 3. The third-order valence-electron chi connectivity index (χ3n) is 3.48. The number of hydrogen-bond acceptors (Lipinski definition) is 3. The molecule has 0 aromatic heterocycles. The van der Waals surface area contributed by atoms with Crippen molar-refractivity contribution in [3.8, 4) is 5.75 Å². The first-order valence-electron chi connectivity index (χ1n) is 6.61. The summed E-state index contributed by atoms with van der Waals surface area (Å²) in [5.41, 5.74) is -0.710. The van der Waals surface area contributed by atoms with E-state index >= 15 is 0 Å². The molecule has 116 valence electrons. The number of carbonyl (C=O) groups is 1. The van der Waals surface area contributed by atoms with Crippen LogP contribution in [0.2, 0.25) is 0 Å². The Balaban J connectivity index is 1.75. The quantitative estimate of drug-likeness (QED) is 0.908. The molecule has 1 unspecified atom stereocenters. The first-order valence-corrected chi connectivity index (χ1v) is 6.61. The zero-order valence-electron chi connectivity index (χ0n) is 11.3. The molecule has 1 saturated heterocycles. The Bertz CT molecular complexity index is 487. The number of alkyl halides is 3. The first-order chi connectivity index (χ1) is 9.86. The Morgan fingerprint density at radius 2 is 2.00 bits per heavy atom. The molecular formula is C14H16F3NO3. The van der Waals surface area contributed by atoms with Crippen LogP contribution in [0.25, 0.3) is 0 Å². The Morgan fingerprint density at radius 3 is 2.52 bits per heavy atom. The third-order valence-corrected chi connectivity index (χ3v) is 3.48. The fourth-order valence-corrected chi connectivity index (χ4v) is 2.27. The van der Waals surface area contributed by atoms with Crippen molar-refractivity contribution in [2.75, 3.05) is 26.2 Å². The molecule has 7 heteroatoms. The van der Waals surface area contributed by atoms with Crippen LogP contribution >= 0.6 is 0 Å². The molecule has 0 bridgehead atoms. The minimum atomic E-state index is -4.35. The van der Waals surface area contributed by atoms with E-state index in [1.807, 2.05) is 4.90 Å². The highest BCUT2D eigenvalue weighted by Crippen LogP contribution is 2.30. The van der Waals surface area contributed by atoms with Crippen molar-refractivity contribution < 1.29 is 27.8 Å². The molecule has 1 heterocycles. The van der Waals surface area contributed by atoms with E-state index in [2.05, 4.69) is 0 Å². The fraction of sp³-hybridized carbons (Fsp3) is 0.500. The maximum atomic E-state index is 12.4. The standard InChI is InChI=1S/C14H16F3NO3/c15-14(16,17)11-1-3-12(4-2-11)21-8-7-18-6-5-10(9-18)13(19)20/h1-4,10H,5-9H2,(H,19,20). The molecular weight excluding hydrogens is 287 g/mol. The summed E-state index contributed by atoms with van der Waals surface area (Å²) < 4.78 is 42.5. The number of hydrogen-bond donors (Lipinski definition) is 1. The van der Waals surface area contributed by atoms with Gasteiger partial charge in [0.1, 0.15) is 12.4 Å². The molecule has 1 aromatic carbocycles. The summed E-state index contributed by atoms with van der Waals surface area (Å²) in [4.78, 5) is 12.8. The lowest BCUT2D eigenvalue weighted by Gasteiger charge is -2.15. The number of carboxylic acid groups (broad SMARTS) is 1. The molecule has 4 nitrogen and oxygen atoms in total. The van der Waals surface area contributed by atoms with Crippen LogP contribution in [0.4, 0.5) is 13.2 Å². The Labute approximate surface area is 120 Å². The average Bonchev–Trinajstić information content (AvgIpc) is 2.87. The normalized spacial score (nSPS) is 19.7. The smallest absolute Gasteiger partial charge is 0.416 e. The highest BCUT2D eigenvalue weighted by atomic mass is 19.4. The van der Waals surface area contributed by atoms with Gasteiger partial charge in [-0.1, -0.05) is 0 Å². The summed E-state index contributed by atoms with van der Waals surface area (Å²) in [5, 5.41) is 8.88. The Hall–Kier alpha value is -1.76. The number of nitrogens with zero attached hydrogens (tertiary/aromatic N) is 1. The van der Waals surface area contributed by atoms with Crippen molar-refractivity contribution in [2.45, 2.75) is 12.6 Å². The second-order valence-corrected chi connectivity index (χ2v) is 5.00. The predicted octanol–water partition coefficient (Wildman–Crippen LogP) is 2.49. The summed E-state index contributed by atoms with van der Waals surface area (Å²) in [6.45, 7) is 2.07. The van der Waals surface area contributed by atoms with Crippen LogP contribution in [-0.2, 0) is 11.0 Å². The van der Waals surface area contributed by atoms with E-state index in [0.29, 0.717) is 38.4 Å².